The van der Waals surface area contributed by atoms with Crippen LogP contribution in [-0.2, 0) is 32.6 Å². The first-order chi connectivity index (χ1) is 20.6. The van der Waals surface area contributed by atoms with E-state index >= 15 is 0 Å². The van der Waals surface area contributed by atoms with Crippen molar-refractivity contribution in [3.8, 4) is 5.75 Å². The topological polar surface area (TPSA) is 96.0 Å². The van der Waals surface area contributed by atoms with Crippen molar-refractivity contribution in [3.63, 3.8) is 0 Å². The Morgan fingerprint density at radius 1 is 0.884 bits per heavy atom. The van der Waals surface area contributed by atoms with Gasteiger partial charge in [-0.25, -0.2) is 8.42 Å². The summed E-state index contributed by atoms with van der Waals surface area (Å²) in [4.78, 5) is 29.1. The Morgan fingerprint density at radius 2 is 1.51 bits per heavy atom. The number of carbonyl (C=O) groups excluding carboxylic acids is 2. The van der Waals surface area contributed by atoms with Crippen LogP contribution in [0.25, 0.3) is 0 Å². The van der Waals surface area contributed by atoms with E-state index in [1.54, 1.807) is 24.3 Å². The SMILES string of the molecule is CNC(=O)[C@@H](Cc1ccccc1)N(Cc1ccc(C)cc1)C(=O)CN(c1ccc(OC)c(Cl)c1)S(=O)(=O)c1ccccc1. The lowest BCUT2D eigenvalue weighted by Gasteiger charge is -2.33. The van der Waals surface area contributed by atoms with Gasteiger partial charge in [0.25, 0.3) is 10.0 Å². The van der Waals surface area contributed by atoms with Crippen LogP contribution in [0.5, 0.6) is 5.75 Å². The quantitative estimate of drug-likeness (QED) is 0.234. The third-order valence-corrected chi connectivity index (χ3v) is 9.11. The number of likely N-dealkylation sites (N-methyl/N-ethyl adjacent to an activating group) is 1. The highest BCUT2D eigenvalue weighted by atomic mass is 35.5. The standard InChI is InChI=1S/C33H34ClN3O5S/c1-24-14-16-26(17-15-24)22-36(30(33(39)35-2)20-25-10-6-4-7-11-25)32(38)23-37(27-18-19-31(42-3)29(34)21-27)43(40,41)28-12-8-5-9-13-28/h4-19,21,30H,20,22-23H2,1-3H3,(H,35,39)/t30-/m1/s1. The second-order valence-electron chi connectivity index (χ2n) is 9.97. The molecule has 0 spiro atoms. The van der Waals surface area contributed by atoms with Gasteiger partial charge >= 0.3 is 0 Å². The smallest absolute Gasteiger partial charge is 0.264 e. The zero-order valence-electron chi connectivity index (χ0n) is 24.2. The zero-order valence-corrected chi connectivity index (χ0v) is 25.8. The lowest BCUT2D eigenvalue weighted by Crippen LogP contribution is -2.53. The highest BCUT2D eigenvalue weighted by molar-refractivity contribution is 7.92. The van der Waals surface area contributed by atoms with Crippen LogP contribution in [0.1, 0.15) is 16.7 Å². The fourth-order valence-corrected chi connectivity index (χ4v) is 6.35. The van der Waals surface area contributed by atoms with Crippen molar-refractivity contribution in [3.05, 3.63) is 125 Å². The molecule has 2 amide bonds. The number of ether oxygens (including phenoxy) is 1. The fraction of sp³-hybridized carbons (Fsp3) is 0.212. The summed E-state index contributed by atoms with van der Waals surface area (Å²) >= 11 is 6.40. The fourth-order valence-electron chi connectivity index (χ4n) is 4.67. The minimum Gasteiger partial charge on any atom is -0.495 e. The molecule has 224 valence electrons. The number of anilines is 1. The van der Waals surface area contributed by atoms with Crippen molar-refractivity contribution in [2.45, 2.75) is 30.8 Å². The zero-order chi connectivity index (χ0) is 31.0. The number of carbonyl (C=O) groups is 2. The average Bonchev–Trinajstić information content (AvgIpc) is 3.02. The van der Waals surface area contributed by atoms with Gasteiger partial charge in [0.15, 0.2) is 0 Å². The van der Waals surface area contributed by atoms with E-state index in [0.29, 0.717) is 5.75 Å². The number of hydrogen-bond acceptors (Lipinski definition) is 5. The number of benzene rings is 4. The molecule has 1 N–H and O–H groups in total. The molecule has 0 unspecified atom stereocenters. The Morgan fingerprint density at radius 3 is 2.09 bits per heavy atom. The molecule has 0 radical (unpaired) electrons. The molecule has 8 nitrogen and oxygen atoms in total. The Balaban J connectivity index is 1.80. The lowest BCUT2D eigenvalue weighted by atomic mass is 10.0. The second kappa shape index (κ2) is 14.2. The largest absolute Gasteiger partial charge is 0.495 e. The van der Waals surface area contributed by atoms with Crippen LogP contribution in [-0.4, -0.2) is 51.9 Å². The highest BCUT2D eigenvalue weighted by Crippen LogP contribution is 2.32. The molecule has 43 heavy (non-hydrogen) atoms. The number of amides is 2. The molecule has 0 aliphatic carbocycles. The summed E-state index contributed by atoms with van der Waals surface area (Å²) in [6.45, 7) is 1.47. The van der Waals surface area contributed by atoms with Crippen LogP contribution in [0.2, 0.25) is 5.02 Å². The maximum Gasteiger partial charge on any atom is 0.264 e. The molecule has 0 bridgehead atoms. The van der Waals surface area contributed by atoms with Gasteiger partial charge in [0, 0.05) is 20.0 Å². The number of halogens is 1. The minimum absolute atomic E-state index is 0.00645. The van der Waals surface area contributed by atoms with Crippen molar-refractivity contribution in [2.75, 3.05) is 25.0 Å². The van der Waals surface area contributed by atoms with Gasteiger partial charge in [-0.15, -0.1) is 0 Å². The number of rotatable bonds is 12. The first kappa shape index (κ1) is 31.6. The lowest BCUT2D eigenvalue weighted by molar-refractivity contribution is -0.139. The summed E-state index contributed by atoms with van der Waals surface area (Å²) in [5.74, 6) is -0.567. The van der Waals surface area contributed by atoms with E-state index in [4.69, 9.17) is 16.3 Å². The Labute approximate surface area is 257 Å². The van der Waals surface area contributed by atoms with Crippen LogP contribution < -0.4 is 14.4 Å². The van der Waals surface area contributed by atoms with E-state index < -0.39 is 28.5 Å². The number of nitrogens with zero attached hydrogens (tertiary/aromatic N) is 2. The molecular weight excluding hydrogens is 586 g/mol. The highest BCUT2D eigenvalue weighted by Gasteiger charge is 2.34. The summed E-state index contributed by atoms with van der Waals surface area (Å²) in [7, 11) is -1.25. The average molecular weight is 620 g/mol. The summed E-state index contributed by atoms with van der Waals surface area (Å²) in [6.07, 6.45) is 0.234. The van der Waals surface area contributed by atoms with Crippen LogP contribution in [0.15, 0.2) is 108 Å². The molecule has 10 heteroatoms. The van der Waals surface area contributed by atoms with Gasteiger partial charge in [-0.3, -0.25) is 13.9 Å². The van der Waals surface area contributed by atoms with Gasteiger partial charge in [-0.2, -0.15) is 0 Å². The molecule has 0 saturated heterocycles. The monoisotopic (exact) mass is 619 g/mol. The van der Waals surface area contributed by atoms with Gasteiger partial charge in [0.1, 0.15) is 18.3 Å². The predicted molar refractivity (Wildman–Crippen MR) is 169 cm³/mol. The maximum atomic E-state index is 14.3. The number of nitrogens with one attached hydrogen (secondary N) is 1. The van der Waals surface area contributed by atoms with E-state index in [1.165, 1.54) is 43.3 Å². The molecule has 1 atom stereocenters. The van der Waals surface area contributed by atoms with Crippen molar-refractivity contribution >= 4 is 39.1 Å². The minimum atomic E-state index is -4.22. The van der Waals surface area contributed by atoms with Gasteiger partial charge in [-0.1, -0.05) is 90.0 Å². The molecule has 4 rings (SSSR count). The molecule has 0 fully saturated rings. The molecule has 0 aromatic heterocycles. The van der Waals surface area contributed by atoms with Crippen LogP contribution in [0, 0.1) is 6.92 Å². The van der Waals surface area contributed by atoms with E-state index in [0.717, 1.165) is 21.0 Å². The van der Waals surface area contributed by atoms with Gasteiger partial charge in [-0.05, 0) is 48.4 Å². The van der Waals surface area contributed by atoms with Crippen LogP contribution >= 0.6 is 11.6 Å². The van der Waals surface area contributed by atoms with Crippen molar-refractivity contribution in [1.29, 1.82) is 0 Å². The second-order valence-corrected chi connectivity index (χ2v) is 12.2. The van der Waals surface area contributed by atoms with Gasteiger partial charge < -0.3 is 15.0 Å². The Bertz CT molecular complexity index is 1650. The summed E-state index contributed by atoms with van der Waals surface area (Å²) in [5.41, 5.74) is 2.88. The number of aryl methyl sites for hydroxylation is 1. The first-order valence-electron chi connectivity index (χ1n) is 13.7. The van der Waals surface area contributed by atoms with E-state index in [-0.39, 0.29) is 34.5 Å². The van der Waals surface area contributed by atoms with Crippen molar-refractivity contribution in [2.24, 2.45) is 0 Å². The van der Waals surface area contributed by atoms with Crippen LogP contribution in [0.4, 0.5) is 5.69 Å². The van der Waals surface area contributed by atoms with Gasteiger partial charge in [0.2, 0.25) is 11.8 Å². The Kier molecular flexibility index (Phi) is 10.4. The van der Waals surface area contributed by atoms with Crippen molar-refractivity contribution < 1.29 is 22.7 Å². The summed E-state index contributed by atoms with van der Waals surface area (Å²) < 4.78 is 34.3. The molecule has 4 aromatic carbocycles. The summed E-state index contributed by atoms with van der Waals surface area (Å²) in [6, 6.07) is 28.5. The first-order valence-corrected chi connectivity index (χ1v) is 15.5. The molecule has 0 aliphatic rings. The molecule has 0 aliphatic heterocycles. The van der Waals surface area contributed by atoms with E-state index in [1.807, 2.05) is 61.5 Å². The third kappa shape index (κ3) is 7.74. The normalized spacial score (nSPS) is 11.8. The molecule has 0 saturated carbocycles. The molecule has 4 aromatic rings. The van der Waals surface area contributed by atoms with E-state index in [9.17, 15) is 18.0 Å². The number of hydrogen-bond donors (Lipinski definition) is 1. The maximum absolute atomic E-state index is 14.3. The van der Waals surface area contributed by atoms with Crippen molar-refractivity contribution in [1.82, 2.24) is 10.2 Å². The third-order valence-electron chi connectivity index (χ3n) is 7.02. The summed E-state index contributed by atoms with van der Waals surface area (Å²) in [5, 5.41) is 2.87. The molecule has 0 heterocycles. The van der Waals surface area contributed by atoms with E-state index in [2.05, 4.69) is 5.32 Å². The molecular formula is C33H34ClN3O5S. The Hall–Kier alpha value is -4.34. The number of methoxy groups -OCH3 is 1. The number of sulfonamides is 1. The van der Waals surface area contributed by atoms with Crippen LogP contribution in [0.3, 0.4) is 0 Å². The predicted octanol–water partition coefficient (Wildman–Crippen LogP) is 5.24. The van der Waals surface area contributed by atoms with Gasteiger partial charge in [0.05, 0.1) is 22.7 Å².